The Hall–Kier alpha value is -1.35. The first-order valence-corrected chi connectivity index (χ1v) is 8.64. The zero-order valence-electron chi connectivity index (χ0n) is 12.1. The Morgan fingerprint density at radius 3 is 2.68 bits per heavy atom. The molecule has 1 fully saturated rings. The summed E-state index contributed by atoms with van der Waals surface area (Å²) in [6.45, 7) is 2.74. The van der Waals surface area contributed by atoms with E-state index < -0.39 is 21.8 Å². The van der Waals surface area contributed by atoms with Crippen molar-refractivity contribution in [3.63, 3.8) is 0 Å². The molecule has 5 nitrogen and oxygen atoms in total. The molecule has 0 saturated carbocycles. The number of aromatic nitrogens is 1. The van der Waals surface area contributed by atoms with Gasteiger partial charge in [-0.2, -0.15) is 13.2 Å². The summed E-state index contributed by atoms with van der Waals surface area (Å²) in [5.41, 5.74) is -0.796. The number of anilines is 1. The van der Waals surface area contributed by atoms with Crippen molar-refractivity contribution in [2.45, 2.75) is 32.0 Å². The third-order valence-corrected chi connectivity index (χ3v) is 5.04. The van der Waals surface area contributed by atoms with Gasteiger partial charge in [-0.25, -0.2) is 18.1 Å². The Morgan fingerprint density at radius 1 is 1.41 bits per heavy atom. The van der Waals surface area contributed by atoms with Crippen molar-refractivity contribution in [1.29, 1.82) is 0 Å². The molecule has 1 aromatic rings. The van der Waals surface area contributed by atoms with Crippen LogP contribution in [0.25, 0.3) is 0 Å². The van der Waals surface area contributed by atoms with Gasteiger partial charge in [-0.1, -0.05) is 6.92 Å². The molecular weight excluding hydrogens is 319 g/mol. The van der Waals surface area contributed by atoms with E-state index in [0.29, 0.717) is 31.7 Å². The molecule has 1 saturated heterocycles. The third-order valence-electron chi connectivity index (χ3n) is 3.41. The molecule has 1 unspecified atom stereocenters. The highest BCUT2D eigenvalue weighted by atomic mass is 32.2. The summed E-state index contributed by atoms with van der Waals surface area (Å²) < 4.78 is 63.5. The molecule has 0 amide bonds. The van der Waals surface area contributed by atoms with Crippen LogP contribution in [0.1, 0.15) is 25.3 Å². The Bertz CT molecular complexity index is 602. The number of nitrogens with one attached hydrogen (secondary N) is 1. The molecule has 1 aromatic heterocycles. The average molecular weight is 337 g/mol. The fourth-order valence-electron chi connectivity index (χ4n) is 2.39. The Balaban J connectivity index is 1.99. The van der Waals surface area contributed by atoms with Gasteiger partial charge in [0.15, 0.2) is 0 Å². The van der Waals surface area contributed by atoms with Gasteiger partial charge in [-0.05, 0) is 25.0 Å². The Kier molecular flexibility index (Phi) is 4.96. The number of halogens is 3. The van der Waals surface area contributed by atoms with Gasteiger partial charge in [0.05, 0.1) is 11.3 Å². The Labute approximate surface area is 127 Å². The van der Waals surface area contributed by atoms with E-state index in [1.165, 1.54) is 6.07 Å². The number of rotatable bonds is 5. The lowest BCUT2D eigenvalue weighted by molar-refractivity contribution is -0.137. The molecule has 1 aliphatic heterocycles. The van der Waals surface area contributed by atoms with E-state index in [2.05, 4.69) is 9.71 Å². The fourth-order valence-corrected chi connectivity index (χ4v) is 3.74. The van der Waals surface area contributed by atoms with Crippen LogP contribution in [0, 0.1) is 0 Å². The molecule has 0 aliphatic carbocycles. The predicted octanol–water partition coefficient (Wildman–Crippen LogP) is 2.01. The van der Waals surface area contributed by atoms with Crippen molar-refractivity contribution in [3.05, 3.63) is 23.9 Å². The zero-order valence-corrected chi connectivity index (χ0v) is 12.9. The van der Waals surface area contributed by atoms with Crippen LogP contribution in [0.4, 0.5) is 19.0 Å². The van der Waals surface area contributed by atoms with Gasteiger partial charge in [0, 0.05) is 25.3 Å². The highest BCUT2D eigenvalue weighted by molar-refractivity contribution is 7.89. The molecule has 2 rings (SSSR count). The topological polar surface area (TPSA) is 62.3 Å². The molecule has 1 atom stereocenters. The van der Waals surface area contributed by atoms with Crippen molar-refractivity contribution < 1.29 is 21.6 Å². The van der Waals surface area contributed by atoms with E-state index in [4.69, 9.17) is 0 Å². The summed E-state index contributed by atoms with van der Waals surface area (Å²) >= 11 is 0. The minimum absolute atomic E-state index is 0.0715. The molecule has 1 aliphatic rings. The van der Waals surface area contributed by atoms with Gasteiger partial charge < -0.3 is 4.90 Å². The van der Waals surface area contributed by atoms with Gasteiger partial charge in [-0.15, -0.1) is 0 Å². The summed E-state index contributed by atoms with van der Waals surface area (Å²) in [7, 11) is -3.29. The summed E-state index contributed by atoms with van der Waals surface area (Å²) in [4.78, 5) is 5.60. The molecule has 0 aromatic carbocycles. The maximum Gasteiger partial charge on any atom is 0.417 e. The molecular formula is C13H18F3N3O2S. The molecule has 0 bridgehead atoms. The van der Waals surface area contributed by atoms with Crippen LogP contribution in [0.3, 0.4) is 0 Å². The highest BCUT2D eigenvalue weighted by Crippen LogP contribution is 2.29. The van der Waals surface area contributed by atoms with Crippen molar-refractivity contribution in [2.24, 2.45) is 0 Å². The quantitative estimate of drug-likeness (QED) is 0.893. The average Bonchev–Trinajstić information content (AvgIpc) is 2.85. The second kappa shape index (κ2) is 6.41. The molecule has 22 heavy (non-hydrogen) atoms. The van der Waals surface area contributed by atoms with E-state index >= 15 is 0 Å². The van der Waals surface area contributed by atoms with Crippen LogP contribution in [-0.2, 0) is 16.2 Å². The number of hydrogen-bond acceptors (Lipinski definition) is 4. The maximum atomic E-state index is 12.5. The second-order valence-electron chi connectivity index (χ2n) is 5.27. The van der Waals surface area contributed by atoms with Crippen LogP contribution < -0.4 is 9.62 Å². The zero-order chi connectivity index (χ0) is 16.4. The maximum absolute atomic E-state index is 12.5. The molecule has 0 radical (unpaired) electrons. The van der Waals surface area contributed by atoms with E-state index in [9.17, 15) is 21.6 Å². The third kappa shape index (κ3) is 4.33. The van der Waals surface area contributed by atoms with Crippen LogP contribution in [-0.4, -0.2) is 38.3 Å². The monoisotopic (exact) mass is 337 g/mol. The fraction of sp³-hybridized carbons (Fsp3) is 0.615. The predicted molar refractivity (Wildman–Crippen MR) is 77.1 cm³/mol. The minimum Gasteiger partial charge on any atom is -0.355 e. The number of nitrogens with zero attached hydrogens (tertiary/aromatic N) is 2. The van der Waals surface area contributed by atoms with Crippen molar-refractivity contribution >= 4 is 15.8 Å². The lowest BCUT2D eigenvalue weighted by Crippen LogP contribution is -2.38. The number of pyridine rings is 1. The van der Waals surface area contributed by atoms with E-state index in [1.807, 2.05) is 0 Å². The first-order chi connectivity index (χ1) is 10.2. The largest absolute Gasteiger partial charge is 0.417 e. The number of alkyl halides is 3. The lowest BCUT2D eigenvalue weighted by atomic mass is 10.3. The van der Waals surface area contributed by atoms with Crippen molar-refractivity contribution in [1.82, 2.24) is 9.71 Å². The lowest BCUT2D eigenvalue weighted by Gasteiger charge is -2.18. The van der Waals surface area contributed by atoms with Gasteiger partial charge >= 0.3 is 6.18 Å². The van der Waals surface area contributed by atoms with Gasteiger partial charge in [0.1, 0.15) is 5.82 Å². The first kappa shape index (κ1) is 17.0. The van der Waals surface area contributed by atoms with E-state index in [-0.39, 0.29) is 11.8 Å². The highest BCUT2D eigenvalue weighted by Gasteiger charge is 2.32. The summed E-state index contributed by atoms with van der Waals surface area (Å²) in [6, 6.07) is 2.06. The second-order valence-corrected chi connectivity index (χ2v) is 7.14. The van der Waals surface area contributed by atoms with Crippen molar-refractivity contribution in [2.75, 3.05) is 23.7 Å². The molecule has 2 heterocycles. The Morgan fingerprint density at radius 2 is 2.14 bits per heavy atom. The van der Waals surface area contributed by atoms with E-state index in [0.717, 1.165) is 12.3 Å². The molecule has 0 spiro atoms. The van der Waals surface area contributed by atoms with Gasteiger partial charge in [0.25, 0.3) is 0 Å². The van der Waals surface area contributed by atoms with E-state index in [1.54, 1.807) is 11.8 Å². The first-order valence-electron chi connectivity index (χ1n) is 6.99. The van der Waals surface area contributed by atoms with Crippen LogP contribution in [0.15, 0.2) is 18.3 Å². The van der Waals surface area contributed by atoms with Crippen LogP contribution >= 0.6 is 0 Å². The smallest absolute Gasteiger partial charge is 0.355 e. The number of hydrogen-bond donors (Lipinski definition) is 1. The SMILES string of the molecule is CCCS(=O)(=O)NC1CCN(c2ccc(C(F)(F)F)cn2)C1. The van der Waals surface area contributed by atoms with Gasteiger partial charge in [0.2, 0.25) is 10.0 Å². The summed E-state index contributed by atoms with van der Waals surface area (Å²) in [6.07, 6.45) is -2.48. The van der Waals surface area contributed by atoms with Crippen LogP contribution in [0.5, 0.6) is 0 Å². The van der Waals surface area contributed by atoms with Crippen molar-refractivity contribution in [3.8, 4) is 0 Å². The minimum atomic E-state index is -4.41. The number of sulfonamides is 1. The van der Waals surface area contributed by atoms with Crippen LogP contribution in [0.2, 0.25) is 0 Å². The molecule has 124 valence electrons. The standard InChI is InChI=1S/C13H18F3N3O2S/c1-2-7-22(20,21)18-11-5-6-19(9-11)12-4-3-10(8-17-12)13(14,15)16/h3-4,8,11,18H,2,5-7,9H2,1H3. The summed E-state index contributed by atoms with van der Waals surface area (Å²) in [5.74, 6) is 0.493. The summed E-state index contributed by atoms with van der Waals surface area (Å²) in [5, 5.41) is 0. The molecule has 1 N–H and O–H groups in total. The molecule has 9 heteroatoms. The normalized spacial score (nSPS) is 19.6. The van der Waals surface area contributed by atoms with Gasteiger partial charge in [-0.3, -0.25) is 0 Å².